The molecule has 3 nitrogen and oxygen atoms in total. The number of aromatic nitrogens is 2. The molecule has 0 atom stereocenters. The topological polar surface area (TPSA) is 37.8 Å². The molecule has 5 heteroatoms. The van der Waals surface area contributed by atoms with E-state index < -0.39 is 0 Å². The first-order valence-electron chi connectivity index (χ1n) is 6.63. The molecule has 0 aromatic carbocycles. The Labute approximate surface area is 125 Å². The van der Waals surface area contributed by atoms with Gasteiger partial charge in [-0.2, -0.15) is 11.3 Å². The van der Waals surface area contributed by atoms with Gasteiger partial charge in [0, 0.05) is 23.4 Å². The van der Waals surface area contributed by atoms with E-state index in [0.29, 0.717) is 5.92 Å². The van der Waals surface area contributed by atoms with Crippen LogP contribution >= 0.6 is 27.3 Å². The van der Waals surface area contributed by atoms with Gasteiger partial charge in [-0.1, -0.05) is 6.92 Å². The van der Waals surface area contributed by atoms with Gasteiger partial charge in [-0.15, -0.1) is 0 Å². The van der Waals surface area contributed by atoms with Gasteiger partial charge in [0.05, 0.1) is 10.2 Å². The number of hydrogen-bond acceptors (Lipinski definition) is 4. The first-order chi connectivity index (χ1) is 9.29. The van der Waals surface area contributed by atoms with Gasteiger partial charge in [0.2, 0.25) is 0 Å². The summed E-state index contributed by atoms with van der Waals surface area (Å²) in [5.74, 6) is 2.38. The van der Waals surface area contributed by atoms with Crippen LogP contribution in [0.15, 0.2) is 21.3 Å². The molecule has 3 rings (SSSR count). The predicted molar refractivity (Wildman–Crippen MR) is 83.8 cm³/mol. The van der Waals surface area contributed by atoms with Crippen molar-refractivity contribution >= 4 is 33.1 Å². The third-order valence-corrected chi connectivity index (χ3v) is 4.63. The van der Waals surface area contributed by atoms with Gasteiger partial charge in [-0.05, 0) is 46.6 Å². The quantitative estimate of drug-likeness (QED) is 0.861. The first-order valence-corrected chi connectivity index (χ1v) is 8.37. The number of halogens is 1. The Morgan fingerprint density at radius 1 is 1.42 bits per heavy atom. The second-order valence-corrected chi connectivity index (χ2v) is 6.38. The highest BCUT2D eigenvalue weighted by atomic mass is 79.9. The number of hydrogen-bond donors (Lipinski definition) is 1. The molecule has 2 aromatic rings. The van der Waals surface area contributed by atoms with Crippen LogP contribution in [0.3, 0.4) is 0 Å². The van der Waals surface area contributed by atoms with Crippen LogP contribution < -0.4 is 5.32 Å². The fourth-order valence-corrected chi connectivity index (χ4v) is 3.25. The van der Waals surface area contributed by atoms with Crippen LogP contribution in [0.4, 0.5) is 5.82 Å². The minimum atomic E-state index is 0.608. The van der Waals surface area contributed by atoms with Crippen LogP contribution in [-0.2, 0) is 0 Å². The molecule has 0 amide bonds. The van der Waals surface area contributed by atoms with Crippen LogP contribution in [-0.4, -0.2) is 16.5 Å². The average Bonchev–Trinajstić information content (AvgIpc) is 3.11. The van der Waals surface area contributed by atoms with E-state index in [9.17, 15) is 0 Å². The van der Waals surface area contributed by atoms with Gasteiger partial charge in [0.1, 0.15) is 5.82 Å². The van der Waals surface area contributed by atoms with Gasteiger partial charge in [-0.25, -0.2) is 9.97 Å². The highest BCUT2D eigenvalue weighted by Gasteiger charge is 2.29. The summed E-state index contributed by atoms with van der Waals surface area (Å²) in [4.78, 5) is 9.41. The highest BCUT2D eigenvalue weighted by molar-refractivity contribution is 9.10. The van der Waals surface area contributed by atoms with Crippen molar-refractivity contribution < 1.29 is 0 Å². The molecule has 0 radical (unpaired) electrons. The van der Waals surface area contributed by atoms with Gasteiger partial charge in [-0.3, -0.25) is 0 Å². The third-order valence-electron chi connectivity index (χ3n) is 3.16. The van der Waals surface area contributed by atoms with E-state index in [2.05, 4.69) is 50.0 Å². The van der Waals surface area contributed by atoms with Crippen molar-refractivity contribution in [3.8, 4) is 11.4 Å². The Morgan fingerprint density at radius 2 is 2.26 bits per heavy atom. The molecule has 0 bridgehead atoms. The van der Waals surface area contributed by atoms with E-state index in [0.717, 1.165) is 40.3 Å². The van der Waals surface area contributed by atoms with E-state index >= 15 is 0 Å². The van der Waals surface area contributed by atoms with E-state index in [1.54, 1.807) is 11.3 Å². The molecule has 2 heterocycles. The lowest BCUT2D eigenvalue weighted by molar-refractivity contribution is 0.940. The lowest BCUT2D eigenvalue weighted by Crippen LogP contribution is -2.07. The van der Waals surface area contributed by atoms with Crippen molar-refractivity contribution in [3.05, 3.63) is 27.0 Å². The molecule has 100 valence electrons. The highest BCUT2D eigenvalue weighted by Crippen LogP contribution is 2.44. The van der Waals surface area contributed by atoms with Crippen LogP contribution in [0.1, 0.15) is 37.8 Å². The standard InChI is InChI=1S/C14H16BrN3S/c1-2-6-16-14-11(15)12(9-3-4-9)17-13(18-14)10-5-7-19-8-10/h5,7-9H,2-4,6H2,1H3,(H,16,17,18). The summed E-state index contributed by atoms with van der Waals surface area (Å²) in [6, 6.07) is 2.08. The van der Waals surface area contributed by atoms with Gasteiger partial charge >= 0.3 is 0 Å². The maximum atomic E-state index is 4.75. The van der Waals surface area contributed by atoms with E-state index in [1.165, 1.54) is 12.8 Å². The summed E-state index contributed by atoms with van der Waals surface area (Å²) in [7, 11) is 0. The summed E-state index contributed by atoms with van der Waals surface area (Å²) in [5.41, 5.74) is 2.27. The normalized spacial score (nSPS) is 14.6. The van der Waals surface area contributed by atoms with E-state index in [-0.39, 0.29) is 0 Å². The van der Waals surface area contributed by atoms with Crippen molar-refractivity contribution in [2.24, 2.45) is 0 Å². The molecular formula is C14H16BrN3S. The molecule has 1 fully saturated rings. The second-order valence-electron chi connectivity index (χ2n) is 4.81. The van der Waals surface area contributed by atoms with Crippen molar-refractivity contribution in [3.63, 3.8) is 0 Å². The summed E-state index contributed by atoms with van der Waals surface area (Å²) in [6.07, 6.45) is 3.57. The van der Waals surface area contributed by atoms with E-state index in [1.807, 2.05) is 0 Å². The summed E-state index contributed by atoms with van der Waals surface area (Å²) in [5, 5.41) is 7.56. The average molecular weight is 338 g/mol. The molecule has 0 aliphatic heterocycles. The number of nitrogens with one attached hydrogen (secondary N) is 1. The summed E-state index contributed by atoms with van der Waals surface area (Å²) >= 11 is 5.34. The maximum Gasteiger partial charge on any atom is 0.162 e. The number of nitrogens with zero attached hydrogens (tertiary/aromatic N) is 2. The van der Waals surface area contributed by atoms with E-state index in [4.69, 9.17) is 4.98 Å². The number of thiophene rings is 1. The molecular weight excluding hydrogens is 322 g/mol. The monoisotopic (exact) mass is 337 g/mol. The zero-order valence-corrected chi connectivity index (χ0v) is 13.2. The number of rotatable bonds is 5. The molecule has 0 saturated heterocycles. The SMILES string of the molecule is CCCNc1nc(-c2ccsc2)nc(C2CC2)c1Br. The fourth-order valence-electron chi connectivity index (χ4n) is 1.97. The van der Waals surface area contributed by atoms with Gasteiger partial charge in [0.25, 0.3) is 0 Å². The molecule has 1 N–H and O–H groups in total. The number of anilines is 1. The largest absolute Gasteiger partial charge is 0.369 e. The molecule has 1 aliphatic carbocycles. The van der Waals surface area contributed by atoms with Crippen molar-refractivity contribution in [1.82, 2.24) is 9.97 Å². The summed E-state index contributed by atoms with van der Waals surface area (Å²) < 4.78 is 1.04. The van der Waals surface area contributed by atoms with Crippen LogP contribution in [0.2, 0.25) is 0 Å². The van der Waals surface area contributed by atoms with Crippen LogP contribution in [0.5, 0.6) is 0 Å². The Hall–Kier alpha value is -0.940. The Kier molecular flexibility index (Phi) is 3.84. The molecule has 1 aliphatic rings. The Balaban J connectivity index is 2.02. The third kappa shape index (κ3) is 2.82. The lowest BCUT2D eigenvalue weighted by Gasteiger charge is -2.11. The molecule has 1 saturated carbocycles. The molecule has 0 spiro atoms. The molecule has 0 unspecified atom stereocenters. The van der Waals surface area contributed by atoms with Crippen molar-refractivity contribution in [1.29, 1.82) is 0 Å². The molecule has 19 heavy (non-hydrogen) atoms. The zero-order valence-electron chi connectivity index (χ0n) is 10.8. The minimum Gasteiger partial charge on any atom is -0.369 e. The van der Waals surface area contributed by atoms with Crippen molar-refractivity contribution in [2.45, 2.75) is 32.1 Å². The summed E-state index contributed by atoms with van der Waals surface area (Å²) in [6.45, 7) is 3.09. The fraction of sp³-hybridized carbons (Fsp3) is 0.429. The van der Waals surface area contributed by atoms with Gasteiger partial charge < -0.3 is 5.32 Å². The lowest BCUT2D eigenvalue weighted by atomic mass is 10.2. The first kappa shape index (κ1) is 13.1. The predicted octanol–water partition coefficient (Wildman–Crippen LogP) is 4.67. The maximum absolute atomic E-state index is 4.75. The second kappa shape index (κ2) is 5.59. The van der Waals surface area contributed by atoms with Crippen molar-refractivity contribution in [2.75, 3.05) is 11.9 Å². The van der Waals surface area contributed by atoms with Crippen LogP contribution in [0, 0.1) is 0 Å². The minimum absolute atomic E-state index is 0.608. The smallest absolute Gasteiger partial charge is 0.162 e. The van der Waals surface area contributed by atoms with Crippen LogP contribution in [0.25, 0.3) is 11.4 Å². The Morgan fingerprint density at radius 3 is 2.89 bits per heavy atom. The Bertz CT molecular complexity index is 564. The molecule has 2 aromatic heterocycles. The zero-order chi connectivity index (χ0) is 13.2. The van der Waals surface area contributed by atoms with Gasteiger partial charge in [0.15, 0.2) is 5.82 Å².